The van der Waals surface area contributed by atoms with Crippen LogP contribution in [-0.2, 0) is 14.4 Å². The van der Waals surface area contributed by atoms with Crippen molar-refractivity contribution in [3.63, 3.8) is 0 Å². The van der Waals surface area contributed by atoms with E-state index in [4.69, 9.17) is 5.73 Å². The Morgan fingerprint density at radius 3 is 2.11 bits per heavy atom. The molecule has 4 amide bonds. The highest BCUT2D eigenvalue weighted by molar-refractivity contribution is 7.99. The number of carboxylic acid groups (broad SMARTS) is 1. The minimum Gasteiger partial charge on any atom is -0.480 e. The SMILES string of the molecule is CCNC(=O)NCC(CCC(N)=O)C(=O)N[C@@H](CSC/C=C(\C)CC/C=C(\C)CCC=C(C)C)C(=O)O. The van der Waals surface area contributed by atoms with Crippen LogP contribution in [0, 0.1) is 5.92 Å². The summed E-state index contributed by atoms with van der Waals surface area (Å²) < 4.78 is 0. The van der Waals surface area contributed by atoms with E-state index in [1.54, 1.807) is 6.92 Å². The minimum atomic E-state index is -1.14. The molecule has 0 saturated heterocycles. The van der Waals surface area contributed by atoms with Gasteiger partial charge < -0.3 is 26.8 Å². The summed E-state index contributed by atoms with van der Waals surface area (Å²) in [5, 5.41) is 17.2. The molecule has 0 aliphatic heterocycles. The van der Waals surface area contributed by atoms with Crippen LogP contribution >= 0.6 is 11.8 Å². The first-order chi connectivity index (χ1) is 17.5. The van der Waals surface area contributed by atoms with E-state index in [1.807, 2.05) is 0 Å². The Morgan fingerprint density at radius 1 is 0.919 bits per heavy atom. The van der Waals surface area contributed by atoms with E-state index in [2.05, 4.69) is 61.9 Å². The minimum absolute atomic E-state index is 0.0325. The second-order valence-corrected chi connectivity index (χ2v) is 10.4. The lowest BCUT2D eigenvalue weighted by Gasteiger charge is -2.20. The number of nitrogens with one attached hydrogen (secondary N) is 3. The van der Waals surface area contributed by atoms with Crippen molar-refractivity contribution in [2.75, 3.05) is 24.6 Å². The molecule has 10 heteroatoms. The van der Waals surface area contributed by atoms with Crippen LogP contribution in [0.1, 0.15) is 73.1 Å². The normalized spacial score (nSPS) is 13.3. The van der Waals surface area contributed by atoms with Crippen LogP contribution in [0.5, 0.6) is 0 Å². The molecule has 210 valence electrons. The molecule has 0 radical (unpaired) electrons. The third kappa shape index (κ3) is 19.1. The third-order valence-electron chi connectivity index (χ3n) is 5.53. The van der Waals surface area contributed by atoms with Crippen molar-refractivity contribution >= 4 is 35.6 Å². The third-order valence-corrected chi connectivity index (χ3v) is 6.50. The lowest BCUT2D eigenvalue weighted by Crippen LogP contribution is -2.48. The van der Waals surface area contributed by atoms with Crippen LogP contribution < -0.4 is 21.7 Å². The van der Waals surface area contributed by atoms with Gasteiger partial charge in [0.2, 0.25) is 11.8 Å². The van der Waals surface area contributed by atoms with Gasteiger partial charge in [0.15, 0.2) is 0 Å². The van der Waals surface area contributed by atoms with Crippen LogP contribution in [0.4, 0.5) is 4.79 Å². The summed E-state index contributed by atoms with van der Waals surface area (Å²) in [5.41, 5.74) is 9.15. The summed E-state index contributed by atoms with van der Waals surface area (Å²) in [6.45, 7) is 10.6. The largest absolute Gasteiger partial charge is 0.480 e. The predicted molar refractivity (Wildman–Crippen MR) is 151 cm³/mol. The smallest absolute Gasteiger partial charge is 0.327 e. The summed E-state index contributed by atoms with van der Waals surface area (Å²) in [5.74, 6) is -2.19. The van der Waals surface area contributed by atoms with Gasteiger partial charge in [0.25, 0.3) is 0 Å². The number of hydrogen-bond donors (Lipinski definition) is 5. The topological polar surface area (TPSA) is 151 Å². The molecule has 0 spiro atoms. The average molecular weight is 539 g/mol. The highest BCUT2D eigenvalue weighted by Crippen LogP contribution is 2.14. The average Bonchev–Trinajstić information content (AvgIpc) is 2.80. The van der Waals surface area contributed by atoms with E-state index < -0.39 is 35.8 Å². The molecule has 0 aromatic rings. The van der Waals surface area contributed by atoms with Crippen LogP contribution in [-0.4, -0.2) is 59.6 Å². The van der Waals surface area contributed by atoms with Crippen LogP contribution in [0.2, 0.25) is 0 Å². The van der Waals surface area contributed by atoms with Gasteiger partial charge in [-0.05, 0) is 66.7 Å². The molecule has 1 unspecified atom stereocenters. The lowest BCUT2D eigenvalue weighted by molar-refractivity contribution is -0.141. The van der Waals surface area contributed by atoms with Gasteiger partial charge in [0, 0.05) is 31.0 Å². The second kappa shape index (κ2) is 20.3. The van der Waals surface area contributed by atoms with Gasteiger partial charge >= 0.3 is 12.0 Å². The van der Waals surface area contributed by atoms with Crippen molar-refractivity contribution in [3.8, 4) is 0 Å². The highest BCUT2D eigenvalue weighted by atomic mass is 32.2. The molecule has 0 heterocycles. The first kappa shape index (κ1) is 34.2. The van der Waals surface area contributed by atoms with Gasteiger partial charge in [-0.2, -0.15) is 11.8 Å². The Bertz CT molecular complexity index is 835. The number of carbonyl (C=O) groups is 4. The van der Waals surface area contributed by atoms with Gasteiger partial charge in [0.05, 0.1) is 5.92 Å². The van der Waals surface area contributed by atoms with Crippen molar-refractivity contribution in [1.82, 2.24) is 16.0 Å². The monoisotopic (exact) mass is 538 g/mol. The second-order valence-electron chi connectivity index (χ2n) is 9.34. The Kier molecular flexibility index (Phi) is 18.8. The maximum absolute atomic E-state index is 12.7. The van der Waals surface area contributed by atoms with E-state index in [-0.39, 0.29) is 25.1 Å². The molecular formula is C27H46N4O5S. The van der Waals surface area contributed by atoms with E-state index in [1.165, 1.54) is 28.5 Å². The lowest BCUT2D eigenvalue weighted by atomic mass is 10.0. The van der Waals surface area contributed by atoms with Crippen LogP contribution in [0.15, 0.2) is 34.9 Å². The number of nitrogens with two attached hydrogens (primary N) is 1. The maximum Gasteiger partial charge on any atom is 0.327 e. The van der Waals surface area contributed by atoms with Crippen LogP contribution in [0.25, 0.3) is 0 Å². The Balaban J connectivity index is 4.71. The van der Waals surface area contributed by atoms with Crippen molar-refractivity contribution in [2.24, 2.45) is 11.7 Å². The van der Waals surface area contributed by atoms with Gasteiger partial charge in [-0.25, -0.2) is 9.59 Å². The molecule has 0 fully saturated rings. The number of primary amides is 1. The van der Waals surface area contributed by atoms with E-state index in [0.717, 1.165) is 25.7 Å². The fourth-order valence-corrected chi connectivity index (χ4v) is 4.27. The zero-order chi connectivity index (χ0) is 28.2. The summed E-state index contributed by atoms with van der Waals surface area (Å²) in [6, 6.07) is -1.53. The van der Waals surface area contributed by atoms with Crippen molar-refractivity contribution in [1.29, 1.82) is 0 Å². The summed E-state index contributed by atoms with van der Waals surface area (Å²) >= 11 is 1.42. The Hall–Kier alpha value is -2.75. The highest BCUT2D eigenvalue weighted by Gasteiger charge is 2.26. The first-order valence-electron chi connectivity index (χ1n) is 12.8. The number of amides is 4. The predicted octanol–water partition coefficient (Wildman–Crippen LogP) is 3.91. The molecule has 0 rings (SSSR count). The fourth-order valence-electron chi connectivity index (χ4n) is 3.27. The molecule has 2 atom stereocenters. The molecule has 0 aliphatic carbocycles. The molecule has 9 nitrogen and oxygen atoms in total. The summed E-state index contributed by atoms with van der Waals surface area (Å²) in [4.78, 5) is 47.3. The number of carboxylic acids is 1. The molecule has 0 aliphatic rings. The maximum atomic E-state index is 12.7. The van der Waals surface area contributed by atoms with Crippen molar-refractivity contribution < 1.29 is 24.3 Å². The van der Waals surface area contributed by atoms with Crippen molar-refractivity contribution in [2.45, 2.75) is 79.2 Å². The number of aliphatic carboxylic acids is 1. The fraction of sp³-hybridized carbons (Fsp3) is 0.630. The number of hydrogen-bond acceptors (Lipinski definition) is 5. The molecule has 0 aromatic carbocycles. The molecule has 0 bridgehead atoms. The zero-order valence-electron chi connectivity index (χ0n) is 23.0. The van der Waals surface area contributed by atoms with Crippen molar-refractivity contribution in [3.05, 3.63) is 34.9 Å². The molecule has 6 N–H and O–H groups in total. The van der Waals surface area contributed by atoms with E-state index in [0.29, 0.717) is 12.3 Å². The zero-order valence-corrected chi connectivity index (χ0v) is 23.8. The number of rotatable bonds is 19. The molecule has 0 saturated carbocycles. The number of carbonyl (C=O) groups excluding carboxylic acids is 3. The quantitative estimate of drug-likeness (QED) is 0.124. The van der Waals surface area contributed by atoms with E-state index >= 15 is 0 Å². The summed E-state index contributed by atoms with van der Waals surface area (Å²) in [7, 11) is 0. The number of thioether (sulfide) groups is 1. The van der Waals surface area contributed by atoms with Gasteiger partial charge in [0.1, 0.15) is 6.04 Å². The Labute approximate surface area is 226 Å². The standard InChI is InChI=1S/C27H46N4O5S/c1-6-29-27(36)30-17-22(13-14-24(28)32)25(33)31-23(26(34)35)18-37-16-15-21(5)12-8-11-20(4)10-7-9-19(2)3/h9,11,15,22-23H,6-8,10,12-14,16-18H2,1-5H3,(H2,28,32)(H,31,33)(H,34,35)(H2,29,30,36)/b20-11+,21-15+/t22?,23-/m0/s1. The Morgan fingerprint density at radius 2 is 1.54 bits per heavy atom. The van der Waals surface area contributed by atoms with Gasteiger partial charge in [-0.3, -0.25) is 9.59 Å². The van der Waals surface area contributed by atoms with Gasteiger partial charge in [-0.15, -0.1) is 0 Å². The first-order valence-corrected chi connectivity index (χ1v) is 14.0. The van der Waals surface area contributed by atoms with E-state index in [9.17, 15) is 24.3 Å². The van der Waals surface area contributed by atoms with Gasteiger partial charge in [-0.1, -0.05) is 34.9 Å². The summed E-state index contributed by atoms with van der Waals surface area (Å²) in [6.07, 6.45) is 10.7. The number of urea groups is 1. The molecular weight excluding hydrogens is 492 g/mol. The molecule has 37 heavy (non-hydrogen) atoms. The number of allylic oxidation sites excluding steroid dienone is 5. The molecule has 0 aromatic heterocycles. The van der Waals surface area contributed by atoms with Crippen LogP contribution in [0.3, 0.4) is 0 Å².